The van der Waals surface area contributed by atoms with Gasteiger partial charge in [-0.25, -0.2) is 13.6 Å². The van der Waals surface area contributed by atoms with E-state index in [1.807, 2.05) is 0 Å². The summed E-state index contributed by atoms with van der Waals surface area (Å²) >= 11 is 0. The molecule has 1 saturated heterocycles. The van der Waals surface area contributed by atoms with Gasteiger partial charge in [-0.2, -0.15) is 0 Å². The molecule has 2 N–H and O–H groups in total. The monoisotopic (exact) mass is 278 g/mol. The van der Waals surface area contributed by atoms with Crippen molar-refractivity contribution in [3.63, 3.8) is 0 Å². The van der Waals surface area contributed by atoms with Gasteiger partial charge in [0.1, 0.15) is 0 Å². The molecule has 0 saturated carbocycles. The summed E-state index contributed by atoms with van der Waals surface area (Å²) in [6.07, 6.45) is 6.42. The number of hydrogen-bond acceptors (Lipinski definition) is 4. The lowest BCUT2D eigenvalue weighted by molar-refractivity contribution is 0.0371. The molecule has 0 aromatic rings. The molecule has 0 radical (unpaired) electrons. The first-order chi connectivity index (χ1) is 8.58. The number of nitrogens with zero attached hydrogens (tertiary/aromatic N) is 1. The number of sulfonamides is 1. The largest absolute Gasteiger partial charge is 0.379 e. The zero-order chi connectivity index (χ0) is 13.3. The highest BCUT2D eigenvalue weighted by Crippen LogP contribution is 2.07. The number of rotatable bonds is 9. The molecule has 108 valence electrons. The molecule has 1 aliphatic heterocycles. The fourth-order valence-electron chi connectivity index (χ4n) is 2.17. The van der Waals surface area contributed by atoms with Gasteiger partial charge in [0.2, 0.25) is 10.0 Å². The van der Waals surface area contributed by atoms with E-state index in [0.29, 0.717) is 6.42 Å². The summed E-state index contributed by atoms with van der Waals surface area (Å²) in [5, 5.41) is 4.94. The Kier molecular flexibility index (Phi) is 7.81. The maximum Gasteiger partial charge on any atom is 0.209 e. The minimum absolute atomic E-state index is 0.126. The Bertz CT molecular complexity index is 300. The Balaban J connectivity index is 1.83. The molecular formula is C12H26N2O3S. The molecular weight excluding hydrogens is 252 g/mol. The molecule has 0 aromatic carbocycles. The summed E-state index contributed by atoms with van der Waals surface area (Å²) < 4.78 is 26.7. The van der Waals surface area contributed by atoms with Crippen molar-refractivity contribution >= 4 is 10.0 Å². The maximum atomic E-state index is 10.7. The predicted molar refractivity (Wildman–Crippen MR) is 72.9 cm³/mol. The second-order valence-electron chi connectivity index (χ2n) is 4.94. The predicted octanol–water partition coefficient (Wildman–Crippen LogP) is 0.948. The molecule has 0 aromatic heterocycles. The molecule has 0 bridgehead atoms. The third-order valence-electron chi connectivity index (χ3n) is 3.26. The summed E-state index contributed by atoms with van der Waals surface area (Å²) in [6.45, 7) is 5.03. The highest BCUT2D eigenvalue weighted by Gasteiger charge is 2.08. The van der Waals surface area contributed by atoms with Crippen LogP contribution in [0.25, 0.3) is 0 Å². The Hall–Kier alpha value is -0.170. The summed E-state index contributed by atoms with van der Waals surface area (Å²) in [5.74, 6) is 0.126. The number of unbranched alkanes of at least 4 members (excludes halogenated alkanes) is 5. The second-order valence-corrected chi connectivity index (χ2v) is 6.68. The van der Waals surface area contributed by atoms with Crippen molar-refractivity contribution in [2.24, 2.45) is 5.14 Å². The van der Waals surface area contributed by atoms with Gasteiger partial charge in [0.15, 0.2) is 0 Å². The van der Waals surface area contributed by atoms with E-state index in [-0.39, 0.29) is 5.75 Å². The second kappa shape index (κ2) is 8.85. The van der Waals surface area contributed by atoms with E-state index in [4.69, 9.17) is 9.88 Å². The van der Waals surface area contributed by atoms with Gasteiger partial charge >= 0.3 is 0 Å². The summed E-state index contributed by atoms with van der Waals surface area (Å²) in [6, 6.07) is 0. The van der Waals surface area contributed by atoms with Crippen LogP contribution < -0.4 is 5.14 Å². The third kappa shape index (κ3) is 8.85. The van der Waals surface area contributed by atoms with Crippen molar-refractivity contribution in [1.29, 1.82) is 0 Å². The zero-order valence-electron chi connectivity index (χ0n) is 11.1. The fourth-order valence-corrected chi connectivity index (χ4v) is 2.78. The van der Waals surface area contributed by atoms with Gasteiger partial charge in [-0.1, -0.05) is 25.7 Å². The highest BCUT2D eigenvalue weighted by atomic mass is 32.2. The molecule has 0 unspecified atom stereocenters. The minimum atomic E-state index is -3.25. The van der Waals surface area contributed by atoms with Crippen LogP contribution in [0.15, 0.2) is 0 Å². The van der Waals surface area contributed by atoms with Crippen molar-refractivity contribution in [2.75, 3.05) is 38.6 Å². The first-order valence-corrected chi connectivity index (χ1v) is 8.60. The Morgan fingerprint density at radius 2 is 1.50 bits per heavy atom. The van der Waals surface area contributed by atoms with Gasteiger partial charge in [0.25, 0.3) is 0 Å². The van der Waals surface area contributed by atoms with E-state index in [1.54, 1.807) is 0 Å². The molecule has 18 heavy (non-hydrogen) atoms. The fraction of sp³-hybridized carbons (Fsp3) is 1.00. The smallest absolute Gasteiger partial charge is 0.209 e. The van der Waals surface area contributed by atoms with E-state index >= 15 is 0 Å². The Labute approximate surface area is 111 Å². The van der Waals surface area contributed by atoms with Crippen LogP contribution in [0.5, 0.6) is 0 Å². The van der Waals surface area contributed by atoms with Crippen LogP contribution in [-0.4, -0.2) is 51.9 Å². The molecule has 0 atom stereocenters. The van der Waals surface area contributed by atoms with Crippen molar-refractivity contribution < 1.29 is 13.2 Å². The van der Waals surface area contributed by atoms with Crippen LogP contribution in [-0.2, 0) is 14.8 Å². The van der Waals surface area contributed by atoms with Crippen molar-refractivity contribution in [3.05, 3.63) is 0 Å². The average molecular weight is 278 g/mol. The van der Waals surface area contributed by atoms with Crippen molar-refractivity contribution in [1.82, 2.24) is 4.90 Å². The number of morpholine rings is 1. The number of nitrogens with two attached hydrogens (primary N) is 1. The zero-order valence-corrected chi connectivity index (χ0v) is 12.0. The maximum absolute atomic E-state index is 10.7. The van der Waals surface area contributed by atoms with E-state index in [2.05, 4.69) is 4.90 Å². The SMILES string of the molecule is NS(=O)(=O)CCCCCCCCN1CCOCC1. The Morgan fingerprint density at radius 1 is 0.944 bits per heavy atom. The standard InChI is InChI=1S/C12H26N2O3S/c13-18(15,16)12-6-4-2-1-3-5-7-14-8-10-17-11-9-14/h1-12H2,(H2,13,15,16). The van der Waals surface area contributed by atoms with Crippen LogP contribution in [0.3, 0.4) is 0 Å². The lowest BCUT2D eigenvalue weighted by atomic mass is 10.1. The van der Waals surface area contributed by atoms with Crippen molar-refractivity contribution in [2.45, 2.75) is 38.5 Å². The average Bonchev–Trinajstić information content (AvgIpc) is 2.32. The van der Waals surface area contributed by atoms with E-state index in [1.165, 1.54) is 25.8 Å². The highest BCUT2D eigenvalue weighted by molar-refractivity contribution is 7.89. The lowest BCUT2D eigenvalue weighted by Gasteiger charge is -2.26. The summed E-state index contributed by atoms with van der Waals surface area (Å²) in [7, 11) is -3.25. The quantitative estimate of drug-likeness (QED) is 0.637. The number of hydrogen-bond donors (Lipinski definition) is 1. The van der Waals surface area contributed by atoms with E-state index in [0.717, 1.165) is 39.1 Å². The summed E-state index contributed by atoms with van der Waals surface area (Å²) in [5.41, 5.74) is 0. The molecule has 0 amide bonds. The molecule has 0 spiro atoms. The number of primary sulfonamides is 1. The van der Waals surface area contributed by atoms with Gasteiger partial charge in [-0.15, -0.1) is 0 Å². The van der Waals surface area contributed by atoms with Crippen LogP contribution in [0.2, 0.25) is 0 Å². The van der Waals surface area contributed by atoms with Gasteiger partial charge in [-0.3, -0.25) is 4.90 Å². The van der Waals surface area contributed by atoms with Crippen LogP contribution in [0.1, 0.15) is 38.5 Å². The molecule has 1 aliphatic rings. The molecule has 1 fully saturated rings. The van der Waals surface area contributed by atoms with Gasteiger partial charge < -0.3 is 4.74 Å². The molecule has 1 rings (SSSR count). The molecule has 6 heteroatoms. The van der Waals surface area contributed by atoms with E-state index < -0.39 is 10.0 Å². The van der Waals surface area contributed by atoms with Crippen LogP contribution in [0, 0.1) is 0 Å². The van der Waals surface area contributed by atoms with Crippen LogP contribution in [0.4, 0.5) is 0 Å². The third-order valence-corrected chi connectivity index (χ3v) is 4.11. The topological polar surface area (TPSA) is 72.6 Å². The molecule has 0 aliphatic carbocycles. The van der Waals surface area contributed by atoms with Gasteiger partial charge in [-0.05, 0) is 19.4 Å². The number of ether oxygens (including phenoxy) is 1. The van der Waals surface area contributed by atoms with E-state index in [9.17, 15) is 8.42 Å². The van der Waals surface area contributed by atoms with Crippen molar-refractivity contribution in [3.8, 4) is 0 Å². The lowest BCUT2D eigenvalue weighted by Crippen LogP contribution is -2.36. The molecule has 5 nitrogen and oxygen atoms in total. The van der Waals surface area contributed by atoms with Gasteiger partial charge in [0, 0.05) is 13.1 Å². The first kappa shape index (κ1) is 15.9. The first-order valence-electron chi connectivity index (χ1n) is 6.88. The van der Waals surface area contributed by atoms with Crippen LogP contribution >= 0.6 is 0 Å². The Morgan fingerprint density at radius 3 is 2.11 bits per heavy atom. The normalized spacial score (nSPS) is 18.1. The molecule has 1 heterocycles. The minimum Gasteiger partial charge on any atom is -0.379 e. The summed E-state index contributed by atoms with van der Waals surface area (Å²) in [4.78, 5) is 2.45. The van der Waals surface area contributed by atoms with Gasteiger partial charge in [0.05, 0.1) is 19.0 Å².